The van der Waals surface area contributed by atoms with E-state index in [1.165, 1.54) is 6.42 Å². The molecule has 0 radical (unpaired) electrons. The first kappa shape index (κ1) is 12.3. The summed E-state index contributed by atoms with van der Waals surface area (Å²) in [6.45, 7) is 0. The lowest BCUT2D eigenvalue weighted by atomic mass is 9.81. The van der Waals surface area contributed by atoms with Gasteiger partial charge in [0.25, 0.3) is 0 Å². The van der Waals surface area contributed by atoms with Crippen LogP contribution in [0.1, 0.15) is 37.7 Å². The zero-order valence-electron chi connectivity index (χ0n) is 10.4. The second-order valence-electron chi connectivity index (χ2n) is 5.67. The number of fused-ring (bicyclic) bond motifs is 2. The van der Waals surface area contributed by atoms with Crippen LogP contribution in [0.5, 0.6) is 0 Å². The molecule has 0 spiro atoms. The molecule has 4 heteroatoms. The molecule has 3 nitrogen and oxygen atoms in total. The molecule has 2 bridgehead atoms. The summed E-state index contributed by atoms with van der Waals surface area (Å²) in [6.07, 6.45) is 8.78. The van der Waals surface area contributed by atoms with Gasteiger partial charge in [-0.15, -0.1) is 0 Å². The molecule has 0 amide bonds. The van der Waals surface area contributed by atoms with E-state index >= 15 is 0 Å². The SMILES string of the molecule is O=S1C2CCCC1CC(O)(Cc1cccnc1)C2. The number of hydrogen-bond donors (Lipinski definition) is 1. The molecule has 2 aliphatic rings. The van der Waals surface area contributed by atoms with E-state index in [2.05, 4.69) is 4.98 Å². The third-order valence-electron chi connectivity index (χ3n) is 4.18. The molecule has 0 saturated carbocycles. The highest BCUT2D eigenvalue weighted by molar-refractivity contribution is 7.86. The molecular formula is C14H19NO2S. The zero-order chi connectivity index (χ0) is 12.6. The lowest BCUT2D eigenvalue weighted by Crippen LogP contribution is -2.50. The average molecular weight is 265 g/mol. The fourth-order valence-corrected chi connectivity index (χ4v) is 5.70. The van der Waals surface area contributed by atoms with E-state index in [0.717, 1.165) is 18.4 Å². The van der Waals surface area contributed by atoms with Gasteiger partial charge in [0.15, 0.2) is 0 Å². The van der Waals surface area contributed by atoms with E-state index in [1.807, 2.05) is 18.3 Å². The molecule has 1 aromatic heterocycles. The summed E-state index contributed by atoms with van der Waals surface area (Å²) in [4.78, 5) is 4.10. The third-order valence-corrected chi connectivity index (χ3v) is 6.30. The largest absolute Gasteiger partial charge is 0.389 e. The number of nitrogens with zero attached hydrogens (tertiary/aromatic N) is 1. The first-order valence-corrected chi connectivity index (χ1v) is 7.95. The van der Waals surface area contributed by atoms with Crippen molar-refractivity contribution in [2.24, 2.45) is 0 Å². The molecule has 1 aromatic rings. The lowest BCUT2D eigenvalue weighted by molar-refractivity contribution is 0.0113. The molecule has 2 unspecified atom stereocenters. The Morgan fingerprint density at radius 2 is 2.11 bits per heavy atom. The Hall–Kier alpha value is -0.740. The fourth-order valence-electron chi connectivity index (χ4n) is 3.40. The highest BCUT2D eigenvalue weighted by Crippen LogP contribution is 2.40. The smallest absolute Gasteiger partial charge is 0.0711 e. The van der Waals surface area contributed by atoms with Gasteiger partial charge < -0.3 is 5.11 Å². The summed E-state index contributed by atoms with van der Waals surface area (Å²) in [5.41, 5.74) is 0.401. The maximum absolute atomic E-state index is 12.1. The molecule has 2 fully saturated rings. The normalized spacial score (nSPS) is 39.5. The van der Waals surface area contributed by atoms with Gasteiger partial charge in [-0.3, -0.25) is 9.19 Å². The van der Waals surface area contributed by atoms with Crippen molar-refractivity contribution in [3.63, 3.8) is 0 Å². The van der Waals surface area contributed by atoms with E-state index in [1.54, 1.807) is 6.20 Å². The van der Waals surface area contributed by atoms with Crippen molar-refractivity contribution < 1.29 is 9.32 Å². The number of pyridine rings is 1. The first-order chi connectivity index (χ1) is 8.66. The van der Waals surface area contributed by atoms with Crippen LogP contribution in [-0.4, -0.2) is 30.4 Å². The maximum atomic E-state index is 12.1. The van der Waals surface area contributed by atoms with Crippen LogP contribution in [0.4, 0.5) is 0 Å². The van der Waals surface area contributed by atoms with Crippen molar-refractivity contribution >= 4 is 10.8 Å². The number of aromatic nitrogens is 1. The van der Waals surface area contributed by atoms with Gasteiger partial charge in [-0.1, -0.05) is 12.5 Å². The number of aliphatic hydroxyl groups is 1. The van der Waals surface area contributed by atoms with E-state index in [-0.39, 0.29) is 10.5 Å². The fraction of sp³-hybridized carbons (Fsp3) is 0.643. The summed E-state index contributed by atoms with van der Waals surface area (Å²) >= 11 is 0. The molecule has 1 N–H and O–H groups in total. The minimum absolute atomic E-state index is 0.208. The van der Waals surface area contributed by atoms with E-state index in [0.29, 0.717) is 19.3 Å². The molecule has 3 heterocycles. The molecule has 3 rings (SSSR count). The maximum Gasteiger partial charge on any atom is 0.0711 e. The van der Waals surface area contributed by atoms with Gasteiger partial charge in [0.2, 0.25) is 0 Å². The second-order valence-corrected chi connectivity index (χ2v) is 7.66. The van der Waals surface area contributed by atoms with E-state index < -0.39 is 16.4 Å². The van der Waals surface area contributed by atoms with E-state index in [4.69, 9.17) is 0 Å². The molecule has 0 aromatic carbocycles. The summed E-state index contributed by atoms with van der Waals surface area (Å²) in [7, 11) is -0.716. The first-order valence-electron chi connectivity index (χ1n) is 6.67. The highest BCUT2D eigenvalue weighted by atomic mass is 32.2. The van der Waals surface area contributed by atoms with Crippen molar-refractivity contribution in [2.75, 3.05) is 0 Å². The minimum atomic E-state index is -0.716. The third kappa shape index (κ3) is 2.36. The Kier molecular flexibility index (Phi) is 3.24. The number of hydrogen-bond acceptors (Lipinski definition) is 3. The van der Waals surface area contributed by atoms with Crippen LogP contribution in [0.25, 0.3) is 0 Å². The van der Waals surface area contributed by atoms with Crippen LogP contribution >= 0.6 is 0 Å². The van der Waals surface area contributed by atoms with Gasteiger partial charge in [0, 0.05) is 40.1 Å². The topological polar surface area (TPSA) is 50.2 Å². The summed E-state index contributed by atoms with van der Waals surface area (Å²) in [6, 6.07) is 3.91. The van der Waals surface area contributed by atoms with Crippen LogP contribution in [0.15, 0.2) is 24.5 Å². The Balaban J connectivity index is 1.77. The molecule has 98 valence electrons. The van der Waals surface area contributed by atoms with Crippen molar-refractivity contribution in [1.29, 1.82) is 0 Å². The van der Waals surface area contributed by atoms with E-state index in [9.17, 15) is 9.32 Å². The van der Waals surface area contributed by atoms with Crippen molar-refractivity contribution in [2.45, 2.75) is 54.6 Å². The Morgan fingerprint density at radius 3 is 2.72 bits per heavy atom. The Labute approximate surface area is 110 Å². The average Bonchev–Trinajstić information content (AvgIpc) is 2.33. The van der Waals surface area contributed by atoms with Crippen LogP contribution in [-0.2, 0) is 17.2 Å². The second kappa shape index (κ2) is 4.74. The predicted octanol–water partition coefficient (Wildman–Crippen LogP) is 1.82. The molecule has 18 heavy (non-hydrogen) atoms. The zero-order valence-corrected chi connectivity index (χ0v) is 11.2. The van der Waals surface area contributed by atoms with Crippen molar-refractivity contribution in [3.05, 3.63) is 30.1 Å². The predicted molar refractivity (Wildman–Crippen MR) is 71.7 cm³/mol. The van der Waals surface area contributed by atoms with Gasteiger partial charge in [0.05, 0.1) is 5.60 Å². The summed E-state index contributed by atoms with van der Waals surface area (Å²) < 4.78 is 12.1. The van der Waals surface area contributed by atoms with Crippen LogP contribution < -0.4 is 0 Å². The number of rotatable bonds is 2. The minimum Gasteiger partial charge on any atom is -0.389 e. The molecule has 2 saturated heterocycles. The molecular weight excluding hydrogens is 246 g/mol. The van der Waals surface area contributed by atoms with Crippen LogP contribution in [0, 0.1) is 0 Å². The summed E-state index contributed by atoms with van der Waals surface area (Å²) in [5.74, 6) is 0. The lowest BCUT2D eigenvalue weighted by Gasteiger charge is -2.43. The molecule has 2 aliphatic heterocycles. The Morgan fingerprint density at radius 1 is 1.39 bits per heavy atom. The summed E-state index contributed by atoms with van der Waals surface area (Å²) in [5, 5.41) is 11.2. The van der Waals surface area contributed by atoms with Gasteiger partial charge in [-0.2, -0.15) is 0 Å². The van der Waals surface area contributed by atoms with Gasteiger partial charge in [-0.25, -0.2) is 0 Å². The monoisotopic (exact) mass is 265 g/mol. The van der Waals surface area contributed by atoms with Crippen molar-refractivity contribution in [1.82, 2.24) is 4.98 Å². The highest BCUT2D eigenvalue weighted by Gasteiger charge is 2.45. The quantitative estimate of drug-likeness (QED) is 0.887. The molecule has 0 aliphatic carbocycles. The van der Waals surface area contributed by atoms with Gasteiger partial charge in [-0.05, 0) is 37.3 Å². The van der Waals surface area contributed by atoms with Gasteiger partial charge >= 0.3 is 0 Å². The van der Waals surface area contributed by atoms with Crippen LogP contribution in [0.2, 0.25) is 0 Å². The van der Waals surface area contributed by atoms with Gasteiger partial charge in [0.1, 0.15) is 0 Å². The molecule has 2 atom stereocenters. The Bertz CT molecular complexity index is 432. The van der Waals surface area contributed by atoms with Crippen LogP contribution in [0.3, 0.4) is 0 Å². The van der Waals surface area contributed by atoms with Crippen molar-refractivity contribution in [3.8, 4) is 0 Å². The standard InChI is InChI=1S/C14H19NO2S/c16-14(7-11-3-2-6-15-10-11)8-12-4-1-5-13(9-14)18(12)17/h2-3,6,10,12-13,16H,1,4-5,7-9H2.